The number of benzene rings is 1. The van der Waals surface area contributed by atoms with E-state index in [-0.39, 0.29) is 12.0 Å². The number of hydrogen-bond acceptors (Lipinski definition) is 1. The number of nitrogens with two attached hydrogens (primary N) is 1. The highest BCUT2D eigenvalue weighted by Crippen LogP contribution is 2.45. The highest BCUT2D eigenvalue weighted by atomic mass is 35.5. The third-order valence-electron chi connectivity index (χ3n) is 4.83. The van der Waals surface area contributed by atoms with Crippen molar-refractivity contribution in [3.8, 4) is 0 Å². The molecule has 0 amide bonds. The van der Waals surface area contributed by atoms with Crippen LogP contribution in [-0.2, 0) is 0 Å². The summed E-state index contributed by atoms with van der Waals surface area (Å²) in [5.41, 5.74) is 0.496. The van der Waals surface area contributed by atoms with Gasteiger partial charge in [0.25, 0.3) is 0 Å². The van der Waals surface area contributed by atoms with Crippen molar-refractivity contribution >= 4 is 23.2 Å². The van der Waals surface area contributed by atoms with Gasteiger partial charge in [-0.2, -0.15) is 0 Å². The van der Waals surface area contributed by atoms with E-state index in [2.05, 4.69) is 5.32 Å². The summed E-state index contributed by atoms with van der Waals surface area (Å²) in [5, 5.41) is 14.7. The first-order valence-corrected chi connectivity index (χ1v) is 7.87. The highest BCUT2D eigenvalue weighted by Gasteiger charge is 2.49. The van der Waals surface area contributed by atoms with Crippen LogP contribution in [0.4, 0.5) is 0 Å². The molecular weight excluding hydrogens is 281 g/mol. The van der Waals surface area contributed by atoms with Gasteiger partial charge in [-0.3, -0.25) is 0 Å². The first kappa shape index (κ1) is 13.7. The lowest BCUT2D eigenvalue weighted by Gasteiger charge is -2.46. The van der Waals surface area contributed by atoms with Crippen molar-refractivity contribution in [2.75, 3.05) is 6.54 Å². The largest absolute Gasteiger partial charge is 0.389 e. The lowest BCUT2D eigenvalue weighted by Crippen LogP contribution is -2.91. The number of halogens is 2. The molecule has 19 heavy (non-hydrogen) atoms. The summed E-state index contributed by atoms with van der Waals surface area (Å²) >= 11 is 12.7. The van der Waals surface area contributed by atoms with E-state index in [9.17, 15) is 5.11 Å². The molecule has 4 heteroatoms. The Labute approximate surface area is 124 Å². The van der Waals surface area contributed by atoms with E-state index in [1.54, 1.807) is 0 Å². The second-order valence-electron chi connectivity index (χ2n) is 5.89. The molecule has 3 rings (SSSR count). The Morgan fingerprint density at radius 2 is 1.89 bits per heavy atom. The van der Waals surface area contributed by atoms with Crippen LogP contribution in [0.2, 0.25) is 10.0 Å². The second kappa shape index (κ2) is 5.25. The normalized spacial score (nSPS) is 34.9. The summed E-state index contributed by atoms with van der Waals surface area (Å²) < 4.78 is 0. The van der Waals surface area contributed by atoms with E-state index >= 15 is 0 Å². The van der Waals surface area contributed by atoms with Crippen LogP contribution in [0.15, 0.2) is 18.2 Å². The van der Waals surface area contributed by atoms with E-state index in [4.69, 9.17) is 23.2 Å². The monoisotopic (exact) mass is 300 g/mol. The SMILES string of the molecule is O[C@]12CCCC[C@H]1[C@H](c1c(Cl)cccc1Cl)[NH2+]CC2. The van der Waals surface area contributed by atoms with Gasteiger partial charge in [0.1, 0.15) is 6.04 Å². The van der Waals surface area contributed by atoms with Crippen molar-refractivity contribution in [1.29, 1.82) is 0 Å². The molecule has 1 aromatic carbocycles. The number of aliphatic hydroxyl groups is 1. The molecular formula is C15H20Cl2NO+. The highest BCUT2D eigenvalue weighted by molar-refractivity contribution is 6.36. The second-order valence-corrected chi connectivity index (χ2v) is 6.71. The lowest BCUT2D eigenvalue weighted by atomic mass is 9.67. The summed E-state index contributed by atoms with van der Waals surface area (Å²) in [6.45, 7) is 0.944. The number of rotatable bonds is 1. The molecule has 2 fully saturated rings. The molecule has 104 valence electrons. The Morgan fingerprint density at radius 3 is 2.63 bits per heavy atom. The van der Waals surface area contributed by atoms with Crippen LogP contribution in [-0.4, -0.2) is 17.3 Å². The molecule has 2 nitrogen and oxygen atoms in total. The predicted octanol–water partition coefficient (Wildman–Crippen LogP) is 2.92. The topological polar surface area (TPSA) is 36.8 Å². The van der Waals surface area contributed by atoms with E-state index in [0.29, 0.717) is 0 Å². The molecule has 1 saturated heterocycles. The van der Waals surface area contributed by atoms with Gasteiger partial charge in [-0.05, 0) is 25.0 Å². The van der Waals surface area contributed by atoms with Crippen LogP contribution in [0.3, 0.4) is 0 Å². The smallest absolute Gasteiger partial charge is 0.120 e. The zero-order valence-corrected chi connectivity index (χ0v) is 12.4. The molecule has 0 bridgehead atoms. The summed E-state index contributed by atoms with van der Waals surface area (Å²) in [6, 6.07) is 5.87. The molecule has 1 aliphatic carbocycles. The molecule has 1 saturated carbocycles. The minimum absolute atomic E-state index is 0.195. The summed E-state index contributed by atoms with van der Waals surface area (Å²) in [6.07, 6.45) is 5.20. The Hall–Kier alpha value is -0.280. The minimum atomic E-state index is -0.514. The number of fused-ring (bicyclic) bond motifs is 1. The Balaban J connectivity index is 1.99. The van der Waals surface area contributed by atoms with Gasteiger partial charge in [-0.25, -0.2) is 0 Å². The zero-order valence-electron chi connectivity index (χ0n) is 10.9. The first-order valence-electron chi connectivity index (χ1n) is 7.11. The van der Waals surface area contributed by atoms with Crippen LogP contribution in [0.25, 0.3) is 0 Å². The Bertz CT molecular complexity index is 455. The molecule has 0 unspecified atom stereocenters. The maximum atomic E-state index is 10.9. The van der Waals surface area contributed by atoms with Gasteiger partial charge in [0.05, 0.1) is 22.2 Å². The van der Waals surface area contributed by atoms with E-state index in [0.717, 1.165) is 47.8 Å². The van der Waals surface area contributed by atoms with Crippen LogP contribution in [0.1, 0.15) is 43.7 Å². The lowest BCUT2D eigenvalue weighted by molar-refractivity contribution is -0.719. The van der Waals surface area contributed by atoms with Gasteiger partial charge in [-0.15, -0.1) is 0 Å². The van der Waals surface area contributed by atoms with Crippen LogP contribution >= 0.6 is 23.2 Å². The summed E-state index contributed by atoms with van der Waals surface area (Å²) in [4.78, 5) is 0. The molecule has 1 aromatic rings. The molecule has 1 aliphatic heterocycles. The fourth-order valence-corrected chi connectivity index (χ4v) is 4.55. The number of hydrogen-bond donors (Lipinski definition) is 2. The third kappa shape index (κ3) is 2.40. The number of quaternary nitrogens is 1. The third-order valence-corrected chi connectivity index (χ3v) is 5.49. The Kier molecular flexibility index (Phi) is 3.78. The molecule has 2 aliphatic rings. The molecule has 1 heterocycles. The van der Waals surface area contributed by atoms with Gasteiger partial charge >= 0.3 is 0 Å². The molecule has 0 radical (unpaired) electrons. The average molecular weight is 301 g/mol. The maximum Gasteiger partial charge on any atom is 0.120 e. The van der Waals surface area contributed by atoms with E-state index in [1.165, 1.54) is 6.42 Å². The van der Waals surface area contributed by atoms with Gasteiger partial charge < -0.3 is 10.4 Å². The average Bonchev–Trinajstić information content (AvgIpc) is 2.38. The Morgan fingerprint density at radius 1 is 1.16 bits per heavy atom. The zero-order chi connectivity index (χ0) is 13.5. The van der Waals surface area contributed by atoms with Crippen molar-refractivity contribution in [2.24, 2.45) is 5.92 Å². The summed E-state index contributed by atoms with van der Waals surface area (Å²) in [7, 11) is 0. The maximum absolute atomic E-state index is 10.9. The molecule has 0 aromatic heterocycles. The molecule has 0 spiro atoms. The van der Waals surface area contributed by atoms with Crippen LogP contribution in [0.5, 0.6) is 0 Å². The molecule has 3 atom stereocenters. The quantitative estimate of drug-likeness (QED) is 0.822. The number of piperidine rings is 1. The van der Waals surface area contributed by atoms with Gasteiger partial charge in [0, 0.05) is 17.9 Å². The van der Waals surface area contributed by atoms with Crippen molar-refractivity contribution < 1.29 is 10.4 Å². The fourth-order valence-electron chi connectivity index (χ4n) is 3.90. The van der Waals surface area contributed by atoms with E-state index < -0.39 is 5.60 Å². The summed E-state index contributed by atoms with van der Waals surface area (Å²) in [5.74, 6) is 0.271. The van der Waals surface area contributed by atoms with Crippen molar-refractivity contribution in [3.63, 3.8) is 0 Å². The molecule has 3 N–H and O–H groups in total. The minimum Gasteiger partial charge on any atom is -0.389 e. The van der Waals surface area contributed by atoms with Crippen molar-refractivity contribution in [1.82, 2.24) is 0 Å². The van der Waals surface area contributed by atoms with Gasteiger partial charge in [-0.1, -0.05) is 42.1 Å². The first-order chi connectivity index (χ1) is 9.12. The van der Waals surface area contributed by atoms with Gasteiger partial charge in [0.15, 0.2) is 0 Å². The van der Waals surface area contributed by atoms with Crippen molar-refractivity contribution in [3.05, 3.63) is 33.8 Å². The fraction of sp³-hybridized carbons (Fsp3) is 0.600. The standard InChI is InChI=1S/C15H19Cl2NO/c16-11-5-3-6-12(17)13(11)14-10-4-1-2-7-15(10,19)8-9-18-14/h3,5-6,10,14,18-19H,1-2,4,7-9H2/p+1/t10-,14+,15-/m0/s1. The van der Waals surface area contributed by atoms with Gasteiger partial charge in [0.2, 0.25) is 0 Å². The van der Waals surface area contributed by atoms with Crippen LogP contribution in [0, 0.1) is 5.92 Å². The van der Waals surface area contributed by atoms with E-state index in [1.807, 2.05) is 18.2 Å². The van der Waals surface area contributed by atoms with Crippen molar-refractivity contribution in [2.45, 2.75) is 43.7 Å². The van der Waals surface area contributed by atoms with Crippen LogP contribution < -0.4 is 5.32 Å². The predicted molar refractivity (Wildman–Crippen MR) is 77.5 cm³/mol.